The maximum atomic E-state index is 11.2. The van der Waals surface area contributed by atoms with Gasteiger partial charge in [-0.25, -0.2) is 9.59 Å². The molecule has 138 valence electrons. The van der Waals surface area contributed by atoms with Crippen molar-refractivity contribution in [1.82, 2.24) is 0 Å². The van der Waals surface area contributed by atoms with E-state index in [1.165, 1.54) is 26.4 Å². The molecule has 8 heteroatoms. The largest absolute Gasteiger partial charge is 0.465 e. The summed E-state index contributed by atoms with van der Waals surface area (Å²) in [7, 11) is 2.53. The monoisotopic (exact) mass is 360 g/mol. The molecule has 26 heavy (non-hydrogen) atoms. The van der Waals surface area contributed by atoms with Crippen molar-refractivity contribution in [1.29, 1.82) is 0 Å². The van der Waals surface area contributed by atoms with Crippen molar-refractivity contribution in [3.8, 4) is 0 Å². The molecule has 2 N–H and O–H groups in total. The summed E-state index contributed by atoms with van der Waals surface area (Å²) in [6.45, 7) is 3.64. The Balaban J connectivity index is 0.000000263. The molecule has 2 aromatic carbocycles. The van der Waals surface area contributed by atoms with Gasteiger partial charge >= 0.3 is 11.9 Å². The van der Waals surface area contributed by atoms with Crippen LogP contribution in [0.3, 0.4) is 0 Å². The highest BCUT2D eigenvalue weighted by atomic mass is 16.6. The van der Waals surface area contributed by atoms with E-state index in [2.05, 4.69) is 9.47 Å². The van der Waals surface area contributed by atoms with Crippen molar-refractivity contribution < 1.29 is 24.0 Å². The molecule has 0 unspecified atom stereocenters. The van der Waals surface area contributed by atoms with Gasteiger partial charge in [0.05, 0.1) is 24.7 Å². The maximum Gasteiger partial charge on any atom is 0.344 e. The van der Waals surface area contributed by atoms with Gasteiger partial charge in [-0.1, -0.05) is 17.7 Å². The van der Waals surface area contributed by atoms with E-state index in [0.29, 0.717) is 11.3 Å². The van der Waals surface area contributed by atoms with Crippen LogP contribution in [0.1, 0.15) is 31.8 Å². The van der Waals surface area contributed by atoms with E-state index in [9.17, 15) is 19.7 Å². The molecule has 0 fully saturated rings. The maximum absolute atomic E-state index is 11.2. The van der Waals surface area contributed by atoms with Gasteiger partial charge in [-0.05, 0) is 37.6 Å². The first-order chi connectivity index (χ1) is 12.2. The minimum absolute atomic E-state index is 0.0162. The quantitative estimate of drug-likeness (QED) is 0.386. The highest BCUT2D eigenvalue weighted by molar-refractivity contribution is 5.95. The zero-order valence-electron chi connectivity index (χ0n) is 14.9. The number of esters is 2. The lowest BCUT2D eigenvalue weighted by molar-refractivity contribution is -0.385. The van der Waals surface area contributed by atoms with Crippen LogP contribution in [0.5, 0.6) is 0 Å². The highest BCUT2D eigenvalue weighted by Gasteiger charge is 2.20. The second-order valence-electron chi connectivity index (χ2n) is 5.35. The van der Waals surface area contributed by atoms with Gasteiger partial charge in [-0.2, -0.15) is 0 Å². The molecule has 0 aliphatic heterocycles. The van der Waals surface area contributed by atoms with Gasteiger partial charge in [0, 0.05) is 11.8 Å². The van der Waals surface area contributed by atoms with Gasteiger partial charge in [0.1, 0.15) is 5.56 Å². The smallest absolute Gasteiger partial charge is 0.344 e. The molecular weight excluding hydrogens is 340 g/mol. The molecule has 2 rings (SSSR count). The van der Waals surface area contributed by atoms with Crippen molar-refractivity contribution in [2.45, 2.75) is 13.8 Å². The summed E-state index contributed by atoms with van der Waals surface area (Å²) in [5.41, 5.74) is 7.96. The number of nitro benzene ring substituents is 1. The lowest BCUT2D eigenvalue weighted by atomic mass is 10.1. The third-order valence-electron chi connectivity index (χ3n) is 3.37. The number of carbonyl (C=O) groups is 2. The van der Waals surface area contributed by atoms with Crippen LogP contribution < -0.4 is 5.73 Å². The molecule has 0 radical (unpaired) electrons. The number of methoxy groups -OCH3 is 2. The summed E-state index contributed by atoms with van der Waals surface area (Å²) in [5.74, 6) is -1.09. The number of ether oxygens (including phenoxy) is 2. The summed E-state index contributed by atoms with van der Waals surface area (Å²) >= 11 is 0. The minimum Gasteiger partial charge on any atom is -0.465 e. The van der Waals surface area contributed by atoms with Gasteiger partial charge in [-0.3, -0.25) is 10.1 Å². The number of hydrogen-bond acceptors (Lipinski definition) is 7. The molecule has 0 saturated heterocycles. The highest BCUT2D eigenvalue weighted by Crippen LogP contribution is 2.20. The fourth-order valence-corrected chi connectivity index (χ4v) is 2.04. The lowest BCUT2D eigenvalue weighted by Gasteiger charge is -2.03. The van der Waals surface area contributed by atoms with E-state index < -0.39 is 16.9 Å². The molecule has 8 nitrogen and oxygen atoms in total. The van der Waals surface area contributed by atoms with Gasteiger partial charge in [0.2, 0.25) is 0 Å². The Bertz CT molecular complexity index is 832. The van der Waals surface area contributed by atoms with Gasteiger partial charge < -0.3 is 15.2 Å². The third kappa shape index (κ3) is 5.30. The molecule has 0 heterocycles. The first-order valence-electron chi connectivity index (χ1n) is 7.49. The molecule has 0 amide bonds. The van der Waals surface area contributed by atoms with E-state index in [0.717, 1.165) is 11.1 Å². The van der Waals surface area contributed by atoms with Crippen LogP contribution in [0.4, 0.5) is 11.4 Å². The van der Waals surface area contributed by atoms with Crippen molar-refractivity contribution in [3.05, 3.63) is 68.8 Å². The van der Waals surface area contributed by atoms with Gasteiger partial charge in [0.15, 0.2) is 0 Å². The Morgan fingerprint density at radius 3 is 1.88 bits per heavy atom. The summed E-state index contributed by atoms with van der Waals surface area (Å²) in [6, 6.07) is 9.56. The van der Waals surface area contributed by atoms with E-state index in [4.69, 9.17) is 5.73 Å². The Labute approximate surface area is 150 Å². The van der Waals surface area contributed by atoms with Crippen molar-refractivity contribution in [3.63, 3.8) is 0 Å². The predicted octanol–water partition coefficient (Wildman–Crippen LogP) is 3.05. The summed E-state index contributed by atoms with van der Waals surface area (Å²) in [6.07, 6.45) is 0. The number of aryl methyl sites for hydroxylation is 2. The fraction of sp³-hybridized carbons (Fsp3) is 0.222. The molecule has 0 atom stereocenters. The van der Waals surface area contributed by atoms with Crippen LogP contribution in [-0.2, 0) is 9.47 Å². The number of hydrogen-bond donors (Lipinski definition) is 1. The Morgan fingerprint density at radius 2 is 1.38 bits per heavy atom. The van der Waals surface area contributed by atoms with E-state index >= 15 is 0 Å². The molecule has 0 aromatic heterocycles. The number of benzene rings is 2. The number of nitrogens with zero attached hydrogens (tertiary/aromatic N) is 1. The topological polar surface area (TPSA) is 122 Å². The SMILES string of the molecule is COC(=O)c1cc(C)ccc1N.COC(=O)c1cc(C)ccc1[N+](=O)[O-]. The number of anilines is 1. The number of nitro groups is 1. The summed E-state index contributed by atoms with van der Waals surface area (Å²) < 4.78 is 8.99. The average molecular weight is 360 g/mol. The number of nitrogen functional groups attached to an aromatic ring is 1. The second kappa shape index (κ2) is 9.16. The van der Waals surface area contributed by atoms with Crippen LogP contribution in [0.2, 0.25) is 0 Å². The van der Waals surface area contributed by atoms with Crippen molar-refractivity contribution >= 4 is 23.3 Å². The van der Waals surface area contributed by atoms with Crippen LogP contribution in [-0.4, -0.2) is 31.1 Å². The van der Waals surface area contributed by atoms with E-state index in [-0.39, 0.29) is 11.3 Å². The first-order valence-corrected chi connectivity index (χ1v) is 7.49. The number of rotatable bonds is 3. The molecule has 0 spiro atoms. The first kappa shape index (κ1) is 20.6. The molecule has 0 saturated carbocycles. The zero-order chi connectivity index (χ0) is 19.9. The molecule has 0 aliphatic rings. The van der Waals surface area contributed by atoms with E-state index in [1.54, 1.807) is 25.1 Å². The van der Waals surface area contributed by atoms with Crippen molar-refractivity contribution in [2.75, 3.05) is 20.0 Å². The van der Waals surface area contributed by atoms with Gasteiger partial charge in [0.25, 0.3) is 5.69 Å². The summed E-state index contributed by atoms with van der Waals surface area (Å²) in [5, 5.41) is 10.6. The molecular formula is C18H20N2O6. The van der Waals surface area contributed by atoms with E-state index in [1.807, 2.05) is 13.0 Å². The van der Waals surface area contributed by atoms with Crippen LogP contribution in [0, 0.1) is 24.0 Å². The second-order valence-corrected chi connectivity index (χ2v) is 5.35. The van der Waals surface area contributed by atoms with Crippen LogP contribution in [0.25, 0.3) is 0 Å². The standard InChI is InChI=1S/C9H9NO4.C9H11NO2/c1-6-3-4-8(10(12)13)7(5-6)9(11)14-2;1-6-3-4-8(10)7(5-6)9(11)12-2/h3-5H,1-2H3;3-5H,10H2,1-2H3. The van der Waals surface area contributed by atoms with Gasteiger partial charge in [-0.15, -0.1) is 0 Å². The Kier molecular flexibility index (Phi) is 7.27. The molecule has 0 aliphatic carbocycles. The third-order valence-corrected chi connectivity index (χ3v) is 3.37. The number of carbonyl (C=O) groups excluding carboxylic acids is 2. The number of nitrogens with two attached hydrogens (primary N) is 1. The summed E-state index contributed by atoms with van der Waals surface area (Å²) in [4.78, 5) is 32.2. The van der Waals surface area contributed by atoms with Crippen molar-refractivity contribution in [2.24, 2.45) is 0 Å². The Morgan fingerprint density at radius 1 is 0.923 bits per heavy atom. The average Bonchev–Trinajstić information content (AvgIpc) is 2.62. The van der Waals surface area contributed by atoms with Crippen LogP contribution >= 0.6 is 0 Å². The predicted molar refractivity (Wildman–Crippen MR) is 96.1 cm³/mol. The molecule has 2 aromatic rings. The van der Waals surface area contributed by atoms with Crippen LogP contribution in [0.15, 0.2) is 36.4 Å². The molecule has 0 bridgehead atoms. The zero-order valence-corrected chi connectivity index (χ0v) is 14.9. The fourth-order valence-electron chi connectivity index (χ4n) is 2.04. The lowest BCUT2D eigenvalue weighted by Crippen LogP contribution is -2.05. The Hall–Kier alpha value is -3.42. The normalized spacial score (nSPS) is 9.54. The minimum atomic E-state index is -0.694.